The van der Waals surface area contributed by atoms with E-state index in [9.17, 15) is 4.39 Å². The molecule has 0 spiro atoms. The van der Waals surface area contributed by atoms with Gasteiger partial charge in [-0.15, -0.1) is 0 Å². The van der Waals surface area contributed by atoms with Crippen molar-refractivity contribution in [1.29, 1.82) is 5.26 Å². The number of halogens is 2. The van der Waals surface area contributed by atoms with Gasteiger partial charge in [-0.05, 0) is 40.2 Å². The standard InChI is InChI=1S/C12H14BrFN2OS/c13-11-9(8-15)2-3-10(12(11)14)16-4-7-18-6-1-5-17/h2-3,16-17H,1,4-7H2. The Balaban J connectivity index is 2.44. The molecular weight excluding hydrogens is 319 g/mol. The van der Waals surface area contributed by atoms with Crippen LogP contribution in [0.15, 0.2) is 16.6 Å². The lowest BCUT2D eigenvalue weighted by atomic mass is 10.2. The number of aliphatic hydroxyl groups is 1. The highest BCUT2D eigenvalue weighted by molar-refractivity contribution is 9.10. The van der Waals surface area contributed by atoms with Crippen LogP contribution < -0.4 is 5.32 Å². The summed E-state index contributed by atoms with van der Waals surface area (Å²) in [6.45, 7) is 0.850. The molecule has 0 saturated heterocycles. The summed E-state index contributed by atoms with van der Waals surface area (Å²) in [6.07, 6.45) is 0.779. The summed E-state index contributed by atoms with van der Waals surface area (Å²) in [7, 11) is 0. The van der Waals surface area contributed by atoms with Crippen molar-refractivity contribution >= 4 is 33.4 Å². The maximum absolute atomic E-state index is 13.8. The number of nitrogens with one attached hydrogen (secondary N) is 1. The van der Waals surface area contributed by atoms with Gasteiger partial charge >= 0.3 is 0 Å². The summed E-state index contributed by atoms with van der Waals surface area (Å²) in [5.41, 5.74) is 0.680. The van der Waals surface area contributed by atoms with Crippen molar-refractivity contribution in [1.82, 2.24) is 0 Å². The Kier molecular flexibility index (Phi) is 7.09. The van der Waals surface area contributed by atoms with E-state index in [1.165, 1.54) is 0 Å². The summed E-state index contributed by atoms with van der Waals surface area (Å²) in [5.74, 6) is 1.31. The highest BCUT2D eigenvalue weighted by atomic mass is 79.9. The fraction of sp³-hybridized carbons (Fsp3) is 0.417. The summed E-state index contributed by atoms with van der Waals surface area (Å²) >= 11 is 4.77. The van der Waals surface area contributed by atoms with Crippen molar-refractivity contribution in [3.63, 3.8) is 0 Å². The van der Waals surface area contributed by atoms with Crippen LogP contribution in [0.1, 0.15) is 12.0 Å². The number of nitriles is 1. The third-order valence-corrected chi connectivity index (χ3v) is 4.06. The second kappa shape index (κ2) is 8.35. The van der Waals surface area contributed by atoms with Gasteiger partial charge in [0.1, 0.15) is 6.07 Å². The van der Waals surface area contributed by atoms with E-state index in [0.29, 0.717) is 12.2 Å². The average Bonchev–Trinajstić information content (AvgIpc) is 2.38. The van der Waals surface area contributed by atoms with Gasteiger partial charge in [-0.3, -0.25) is 0 Å². The molecule has 1 aromatic carbocycles. The SMILES string of the molecule is N#Cc1ccc(NCCSCCCO)c(F)c1Br. The van der Waals surface area contributed by atoms with Gasteiger partial charge in [0.2, 0.25) is 0 Å². The number of hydrogen-bond acceptors (Lipinski definition) is 4. The maximum atomic E-state index is 13.8. The van der Waals surface area contributed by atoms with E-state index in [1.54, 1.807) is 23.9 Å². The lowest BCUT2D eigenvalue weighted by Gasteiger charge is -2.09. The van der Waals surface area contributed by atoms with Crippen molar-refractivity contribution in [2.75, 3.05) is 30.0 Å². The molecule has 18 heavy (non-hydrogen) atoms. The number of benzene rings is 1. The largest absolute Gasteiger partial charge is 0.396 e. The molecule has 0 bridgehead atoms. The Morgan fingerprint density at radius 3 is 2.89 bits per heavy atom. The van der Waals surface area contributed by atoms with Gasteiger partial charge in [0.15, 0.2) is 5.82 Å². The van der Waals surface area contributed by atoms with Crippen molar-refractivity contribution in [3.8, 4) is 6.07 Å². The molecule has 0 fully saturated rings. The van der Waals surface area contributed by atoms with Crippen LogP contribution >= 0.6 is 27.7 Å². The van der Waals surface area contributed by atoms with Crippen LogP contribution in [0.4, 0.5) is 10.1 Å². The summed E-state index contributed by atoms with van der Waals surface area (Å²) in [5, 5.41) is 20.3. The van der Waals surface area contributed by atoms with Crippen molar-refractivity contribution in [3.05, 3.63) is 28.0 Å². The molecule has 0 aromatic heterocycles. The molecular formula is C12H14BrFN2OS. The number of thioether (sulfide) groups is 1. The first-order valence-electron chi connectivity index (χ1n) is 5.51. The molecule has 0 saturated carbocycles. The van der Waals surface area contributed by atoms with Gasteiger partial charge in [0.25, 0.3) is 0 Å². The van der Waals surface area contributed by atoms with E-state index in [0.717, 1.165) is 17.9 Å². The molecule has 1 rings (SSSR count). The first kappa shape index (κ1) is 15.3. The van der Waals surface area contributed by atoms with Crippen LogP contribution in [0.25, 0.3) is 0 Å². The number of anilines is 1. The van der Waals surface area contributed by atoms with E-state index < -0.39 is 5.82 Å². The quantitative estimate of drug-likeness (QED) is 0.753. The molecule has 3 nitrogen and oxygen atoms in total. The van der Waals surface area contributed by atoms with Crippen LogP contribution in [0, 0.1) is 17.1 Å². The maximum Gasteiger partial charge on any atom is 0.161 e. The zero-order valence-electron chi connectivity index (χ0n) is 9.75. The normalized spacial score (nSPS) is 10.1. The average molecular weight is 333 g/mol. The van der Waals surface area contributed by atoms with E-state index in [1.807, 2.05) is 6.07 Å². The molecule has 0 aliphatic rings. The molecule has 0 unspecified atom stereocenters. The molecule has 0 aliphatic heterocycles. The summed E-state index contributed by atoms with van der Waals surface area (Å²) < 4.78 is 14.0. The van der Waals surface area contributed by atoms with Crippen LogP contribution in [0.2, 0.25) is 0 Å². The Morgan fingerprint density at radius 2 is 2.22 bits per heavy atom. The first-order valence-corrected chi connectivity index (χ1v) is 7.46. The highest BCUT2D eigenvalue weighted by Crippen LogP contribution is 2.26. The molecule has 0 amide bonds. The van der Waals surface area contributed by atoms with Crippen molar-refractivity contribution < 1.29 is 9.50 Å². The topological polar surface area (TPSA) is 56.0 Å². The fourth-order valence-corrected chi connectivity index (χ4v) is 2.52. The number of aliphatic hydroxyl groups excluding tert-OH is 1. The zero-order valence-corrected chi connectivity index (χ0v) is 12.2. The molecule has 6 heteroatoms. The third kappa shape index (κ3) is 4.48. The van der Waals surface area contributed by atoms with Gasteiger partial charge in [0.05, 0.1) is 15.7 Å². The molecule has 2 N–H and O–H groups in total. The zero-order chi connectivity index (χ0) is 13.4. The Bertz CT molecular complexity index is 437. The lowest BCUT2D eigenvalue weighted by Crippen LogP contribution is -2.07. The van der Waals surface area contributed by atoms with Crippen LogP contribution in [0.5, 0.6) is 0 Å². The van der Waals surface area contributed by atoms with Gasteiger partial charge in [-0.1, -0.05) is 0 Å². The van der Waals surface area contributed by atoms with Crippen LogP contribution in [-0.4, -0.2) is 29.8 Å². The van der Waals surface area contributed by atoms with Crippen LogP contribution in [-0.2, 0) is 0 Å². The Hall–Kier alpha value is -0.770. The predicted molar refractivity (Wildman–Crippen MR) is 76.3 cm³/mol. The molecule has 0 aliphatic carbocycles. The Labute approximate surface area is 119 Å². The minimum Gasteiger partial charge on any atom is -0.396 e. The molecule has 0 radical (unpaired) electrons. The monoisotopic (exact) mass is 332 g/mol. The minimum atomic E-state index is -0.436. The van der Waals surface area contributed by atoms with Crippen molar-refractivity contribution in [2.45, 2.75) is 6.42 Å². The smallest absolute Gasteiger partial charge is 0.161 e. The number of nitrogens with zero attached hydrogens (tertiary/aromatic N) is 1. The molecule has 1 aromatic rings. The van der Waals surface area contributed by atoms with E-state index in [2.05, 4.69) is 21.2 Å². The molecule has 98 valence electrons. The first-order chi connectivity index (χ1) is 8.70. The van der Waals surface area contributed by atoms with E-state index in [-0.39, 0.29) is 16.6 Å². The van der Waals surface area contributed by atoms with Gasteiger partial charge in [-0.25, -0.2) is 4.39 Å². The number of rotatable bonds is 7. The number of hydrogen-bond donors (Lipinski definition) is 2. The highest BCUT2D eigenvalue weighted by Gasteiger charge is 2.10. The second-order valence-electron chi connectivity index (χ2n) is 3.52. The van der Waals surface area contributed by atoms with Gasteiger partial charge in [-0.2, -0.15) is 17.0 Å². The summed E-state index contributed by atoms with van der Waals surface area (Å²) in [4.78, 5) is 0. The minimum absolute atomic E-state index is 0.197. The molecule has 0 atom stereocenters. The van der Waals surface area contributed by atoms with Crippen molar-refractivity contribution in [2.24, 2.45) is 0 Å². The molecule has 0 heterocycles. The second-order valence-corrected chi connectivity index (χ2v) is 5.53. The third-order valence-electron chi connectivity index (χ3n) is 2.21. The van der Waals surface area contributed by atoms with Gasteiger partial charge in [0, 0.05) is 18.9 Å². The fourth-order valence-electron chi connectivity index (χ4n) is 1.30. The lowest BCUT2D eigenvalue weighted by molar-refractivity contribution is 0.296. The van der Waals surface area contributed by atoms with Crippen LogP contribution in [0.3, 0.4) is 0 Å². The van der Waals surface area contributed by atoms with Gasteiger partial charge < -0.3 is 10.4 Å². The van der Waals surface area contributed by atoms with E-state index >= 15 is 0 Å². The Morgan fingerprint density at radius 1 is 1.44 bits per heavy atom. The predicted octanol–water partition coefficient (Wildman–Crippen LogP) is 2.99. The van der Waals surface area contributed by atoms with E-state index in [4.69, 9.17) is 10.4 Å². The summed E-state index contributed by atoms with van der Waals surface area (Å²) in [6, 6.07) is 5.06.